The van der Waals surface area contributed by atoms with Crippen LogP contribution in [0, 0.1) is 0 Å². The molecule has 0 atom stereocenters. The Bertz CT molecular complexity index is 185. The zero-order valence-electron chi connectivity index (χ0n) is 7.59. The summed E-state index contributed by atoms with van der Waals surface area (Å²) in [4.78, 5) is 11.0. The molecule has 12 heavy (non-hydrogen) atoms. The second kappa shape index (κ2) is 6.46. The number of ether oxygens (including phenoxy) is 1. The van der Waals surface area contributed by atoms with Crippen LogP contribution < -0.4 is 5.32 Å². The Morgan fingerprint density at radius 3 is 2.83 bits per heavy atom. The van der Waals surface area contributed by atoms with E-state index < -0.39 is 0 Å². The zero-order valence-corrected chi connectivity index (χ0v) is 7.59. The lowest BCUT2D eigenvalue weighted by Gasteiger charge is -2.01. The third-order valence-corrected chi connectivity index (χ3v) is 1.18. The molecule has 3 nitrogen and oxygen atoms in total. The maximum absolute atomic E-state index is 11.0. The van der Waals surface area contributed by atoms with Gasteiger partial charge in [-0.1, -0.05) is 6.08 Å². The molecule has 0 fully saturated rings. The minimum absolute atomic E-state index is 0.283. The van der Waals surface area contributed by atoms with Crippen molar-refractivity contribution >= 4 is 5.97 Å². The van der Waals surface area contributed by atoms with Crippen LogP contribution in [0.5, 0.6) is 0 Å². The third-order valence-electron chi connectivity index (χ3n) is 1.18. The first-order valence-electron chi connectivity index (χ1n) is 3.90. The van der Waals surface area contributed by atoms with Crippen molar-refractivity contribution in [2.75, 3.05) is 13.2 Å². The summed E-state index contributed by atoms with van der Waals surface area (Å²) < 4.78 is 4.76. The van der Waals surface area contributed by atoms with Gasteiger partial charge in [-0.15, -0.1) is 6.58 Å². The molecule has 0 rings (SSSR count). The number of hydrogen-bond donors (Lipinski definition) is 1. The van der Waals surface area contributed by atoms with E-state index >= 15 is 0 Å². The number of carbonyl (C=O) groups is 1. The number of esters is 1. The summed E-state index contributed by atoms with van der Waals surface area (Å²) in [5.41, 5.74) is 0.568. The lowest BCUT2D eigenvalue weighted by atomic mass is 10.3. The van der Waals surface area contributed by atoms with Crippen LogP contribution in [0.25, 0.3) is 0 Å². The molecule has 1 N–H and O–H groups in total. The third kappa shape index (κ3) is 4.55. The van der Waals surface area contributed by atoms with Crippen molar-refractivity contribution in [3.8, 4) is 0 Å². The molecule has 0 radical (unpaired) electrons. The van der Waals surface area contributed by atoms with Gasteiger partial charge in [0.2, 0.25) is 0 Å². The fourth-order valence-electron chi connectivity index (χ4n) is 0.599. The Kier molecular flexibility index (Phi) is 5.79. The Morgan fingerprint density at radius 2 is 2.33 bits per heavy atom. The molecule has 0 heterocycles. The fourth-order valence-corrected chi connectivity index (χ4v) is 0.599. The zero-order chi connectivity index (χ0) is 9.40. The van der Waals surface area contributed by atoms with Crippen LogP contribution in [0.15, 0.2) is 24.4 Å². The highest BCUT2D eigenvalue weighted by molar-refractivity contribution is 5.87. The van der Waals surface area contributed by atoms with Crippen LogP contribution in [-0.2, 0) is 9.53 Å². The van der Waals surface area contributed by atoms with Crippen molar-refractivity contribution in [2.24, 2.45) is 0 Å². The summed E-state index contributed by atoms with van der Waals surface area (Å²) in [6.07, 6.45) is 3.34. The first kappa shape index (κ1) is 10.8. The maximum atomic E-state index is 11.0. The van der Waals surface area contributed by atoms with E-state index in [1.165, 1.54) is 0 Å². The number of nitrogens with one attached hydrogen (secondary N) is 1. The van der Waals surface area contributed by atoms with Crippen LogP contribution in [0.3, 0.4) is 0 Å². The Balaban J connectivity index is 3.81. The number of rotatable bonds is 5. The summed E-state index contributed by atoms with van der Waals surface area (Å²) in [6.45, 7) is 8.07. The van der Waals surface area contributed by atoms with E-state index in [-0.39, 0.29) is 5.97 Å². The molecule has 0 aliphatic carbocycles. The SMILES string of the molecule is C=CCNC=C(C)C(=O)OCC. The van der Waals surface area contributed by atoms with E-state index in [9.17, 15) is 4.79 Å². The first-order chi connectivity index (χ1) is 5.72. The molecule has 68 valence electrons. The van der Waals surface area contributed by atoms with Gasteiger partial charge in [0.1, 0.15) is 0 Å². The molecular weight excluding hydrogens is 154 g/mol. The Labute approximate surface area is 73.1 Å². The van der Waals surface area contributed by atoms with Crippen LogP contribution in [0.4, 0.5) is 0 Å². The monoisotopic (exact) mass is 169 g/mol. The van der Waals surface area contributed by atoms with E-state index in [1.807, 2.05) is 0 Å². The first-order valence-corrected chi connectivity index (χ1v) is 3.90. The van der Waals surface area contributed by atoms with Gasteiger partial charge in [-0.05, 0) is 13.8 Å². The van der Waals surface area contributed by atoms with Crippen LogP contribution >= 0.6 is 0 Å². The van der Waals surface area contributed by atoms with Gasteiger partial charge in [0, 0.05) is 18.3 Å². The van der Waals surface area contributed by atoms with Crippen molar-refractivity contribution in [3.63, 3.8) is 0 Å². The van der Waals surface area contributed by atoms with Gasteiger partial charge in [0.05, 0.1) is 6.61 Å². The molecule has 0 saturated carbocycles. The van der Waals surface area contributed by atoms with Gasteiger partial charge in [-0.2, -0.15) is 0 Å². The second-order valence-electron chi connectivity index (χ2n) is 2.24. The summed E-state index contributed by atoms with van der Waals surface area (Å²) >= 11 is 0. The summed E-state index contributed by atoms with van der Waals surface area (Å²) in [7, 11) is 0. The molecular formula is C9H15NO2. The van der Waals surface area contributed by atoms with Crippen LogP contribution in [0.1, 0.15) is 13.8 Å². The fraction of sp³-hybridized carbons (Fsp3) is 0.444. The topological polar surface area (TPSA) is 38.3 Å². The molecule has 0 aromatic carbocycles. The van der Waals surface area contributed by atoms with Gasteiger partial charge in [-0.25, -0.2) is 4.79 Å². The molecule has 0 spiro atoms. The highest BCUT2D eigenvalue weighted by Crippen LogP contribution is 1.93. The number of carbonyl (C=O) groups excluding carboxylic acids is 1. The highest BCUT2D eigenvalue weighted by atomic mass is 16.5. The van der Waals surface area contributed by atoms with Gasteiger partial charge < -0.3 is 10.1 Å². The molecule has 0 aliphatic rings. The lowest BCUT2D eigenvalue weighted by Crippen LogP contribution is -2.11. The van der Waals surface area contributed by atoms with Crippen LogP contribution in [0.2, 0.25) is 0 Å². The molecule has 0 aromatic heterocycles. The van der Waals surface area contributed by atoms with Crippen molar-refractivity contribution in [1.29, 1.82) is 0 Å². The summed E-state index contributed by atoms with van der Waals surface area (Å²) in [5, 5.41) is 2.89. The van der Waals surface area contributed by atoms with Gasteiger partial charge in [-0.3, -0.25) is 0 Å². The lowest BCUT2D eigenvalue weighted by molar-refractivity contribution is -0.138. The molecule has 0 aromatic rings. The Hall–Kier alpha value is -1.25. The quantitative estimate of drug-likeness (QED) is 0.291. The van der Waals surface area contributed by atoms with Crippen molar-refractivity contribution in [3.05, 3.63) is 24.4 Å². The summed E-state index contributed by atoms with van der Waals surface area (Å²) in [6, 6.07) is 0. The predicted octanol–water partition coefficient (Wildman–Crippen LogP) is 1.23. The van der Waals surface area contributed by atoms with Gasteiger partial charge in [0.15, 0.2) is 0 Å². The predicted molar refractivity (Wildman–Crippen MR) is 48.6 cm³/mol. The van der Waals surface area contributed by atoms with E-state index in [0.717, 1.165) is 0 Å². The normalized spacial score (nSPS) is 10.7. The molecule has 3 heteroatoms. The largest absolute Gasteiger partial charge is 0.463 e. The van der Waals surface area contributed by atoms with Gasteiger partial charge >= 0.3 is 5.97 Å². The second-order valence-corrected chi connectivity index (χ2v) is 2.24. The van der Waals surface area contributed by atoms with Crippen molar-refractivity contribution in [2.45, 2.75) is 13.8 Å². The average molecular weight is 169 g/mol. The summed E-state index contributed by atoms with van der Waals surface area (Å²) in [5.74, 6) is -0.283. The number of hydrogen-bond acceptors (Lipinski definition) is 3. The molecule has 0 amide bonds. The molecule has 0 bridgehead atoms. The van der Waals surface area contributed by atoms with E-state index in [1.54, 1.807) is 26.1 Å². The minimum atomic E-state index is -0.283. The van der Waals surface area contributed by atoms with Crippen molar-refractivity contribution < 1.29 is 9.53 Å². The highest BCUT2D eigenvalue weighted by Gasteiger charge is 2.02. The van der Waals surface area contributed by atoms with E-state index in [0.29, 0.717) is 18.7 Å². The average Bonchev–Trinajstić information content (AvgIpc) is 2.05. The van der Waals surface area contributed by atoms with E-state index in [4.69, 9.17) is 4.74 Å². The smallest absolute Gasteiger partial charge is 0.335 e. The van der Waals surface area contributed by atoms with Crippen molar-refractivity contribution in [1.82, 2.24) is 5.32 Å². The molecule has 0 saturated heterocycles. The molecule has 0 unspecified atom stereocenters. The van der Waals surface area contributed by atoms with Gasteiger partial charge in [0.25, 0.3) is 0 Å². The molecule has 0 aliphatic heterocycles. The standard InChI is InChI=1S/C9H15NO2/c1-4-6-10-7-8(3)9(11)12-5-2/h4,7,10H,1,5-6H2,2-3H3. The van der Waals surface area contributed by atoms with Crippen LogP contribution in [-0.4, -0.2) is 19.1 Å². The van der Waals surface area contributed by atoms with E-state index in [2.05, 4.69) is 11.9 Å². The minimum Gasteiger partial charge on any atom is -0.463 e. The Morgan fingerprint density at radius 1 is 1.67 bits per heavy atom. The maximum Gasteiger partial charge on any atom is 0.335 e.